The minimum Gasteiger partial charge on any atom is -0.370 e. The lowest BCUT2D eigenvalue weighted by Crippen LogP contribution is -2.33. The Balaban J connectivity index is 3.58. The van der Waals surface area contributed by atoms with Gasteiger partial charge in [0.1, 0.15) is 6.67 Å². The van der Waals surface area contributed by atoms with Crippen molar-refractivity contribution in [2.24, 2.45) is 16.5 Å². The minimum atomic E-state index is -0.196. The van der Waals surface area contributed by atoms with Crippen LogP contribution in [-0.2, 0) is 0 Å². The topological polar surface area (TPSA) is 136 Å². The fourth-order valence-corrected chi connectivity index (χ4v) is 0.307. The van der Waals surface area contributed by atoms with E-state index in [2.05, 4.69) is 15.6 Å². The molecule has 0 amide bonds. The van der Waals surface area contributed by atoms with Crippen LogP contribution in [0.25, 0.3) is 0 Å². The summed E-state index contributed by atoms with van der Waals surface area (Å²) in [4.78, 5) is 3.58. The average Bonchev–Trinajstić information content (AvgIpc) is 1.87. The molecule has 7 nitrogen and oxygen atoms in total. The molecule has 0 atom stereocenters. The molecule has 0 aliphatic carbocycles. The molecule has 0 rings (SSSR count). The van der Waals surface area contributed by atoms with E-state index in [-0.39, 0.29) is 18.6 Å². The molecule has 0 unspecified atom stereocenters. The van der Waals surface area contributed by atoms with Gasteiger partial charge in [0.2, 0.25) is 5.96 Å². The Bertz CT molecular complexity index is 199. The van der Waals surface area contributed by atoms with E-state index in [0.29, 0.717) is 0 Å². The van der Waals surface area contributed by atoms with E-state index in [0.717, 1.165) is 0 Å². The van der Waals surface area contributed by atoms with Crippen molar-refractivity contribution in [1.82, 2.24) is 10.6 Å². The summed E-state index contributed by atoms with van der Waals surface area (Å²) in [6.07, 6.45) is 1.59. The second-order valence-corrected chi connectivity index (χ2v) is 1.53. The first-order chi connectivity index (χ1) is 5.16. The number of aliphatic imine (C=N–C) groups is 1. The van der Waals surface area contributed by atoms with Gasteiger partial charge in [-0.2, -0.15) is 5.26 Å². The van der Waals surface area contributed by atoms with Crippen LogP contribution in [0.1, 0.15) is 0 Å². The van der Waals surface area contributed by atoms with Gasteiger partial charge in [-0.05, 0) is 0 Å². The molecular weight excluding hydrogens is 146 g/mol. The van der Waals surface area contributed by atoms with Gasteiger partial charge in [0.25, 0.3) is 0 Å². The number of rotatable bonds is 2. The molecule has 60 valence electrons. The lowest BCUT2D eigenvalue weighted by molar-refractivity contribution is 0.899. The van der Waals surface area contributed by atoms with Gasteiger partial charge in [0.05, 0.1) is 0 Å². The predicted molar refractivity (Wildman–Crippen MR) is 40.3 cm³/mol. The Morgan fingerprint density at radius 1 is 1.64 bits per heavy atom. The molecule has 0 heterocycles. The first-order valence-corrected chi connectivity index (χ1v) is 2.69. The summed E-state index contributed by atoms with van der Waals surface area (Å²) in [5.41, 5.74) is 10.1. The summed E-state index contributed by atoms with van der Waals surface area (Å²) in [6, 6.07) is 0. The van der Waals surface area contributed by atoms with Gasteiger partial charge in [-0.25, -0.2) is 4.99 Å². The average molecular weight is 155 g/mol. The largest absolute Gasteiger partial charge is 0.370 e. The van der Waals surface area contributed by atoms with Gasteiger partial charge in [-0.1, -0.05) is 0 Å². The molecule has 0 saturated carbocycles. The van der Waals surface area contributed by atoms with Crippen molar-refractivity contribution in [3.8, 4) is 6.19 Å². The maximum absolute atomic E-state index is 8.04. The third-order valence-electron chi connectivity index (χ3n) is 0.703. The fraction of sp³-hybridized carbons (Fsp3) is 0.250. The quantitative estimate of drug-likeness (QED) is 0.133. The number of hydrogen-bond acceptors (Lipinski definition) is 3. The molecule has 0 aliphatic heterocycles. The molecule has 0 aromatic rings. The van der Waals surface area contributed by atoms with Gasteiger partial charge in [-0.3, -0.25) is 10.7 Å². The van der Waals surface area contributed by atoms with Crippen molar-refractivity contribution in [1.29, 1.82) is 10.7 Å². The maximum Gasteiger partial charge on any atom is 0.203 e. The summed E-state index contributed by atoms with van der Waals surface area (Å²) in [6.45, 7) is 0.0792. The molecule has 7 N–H and O–H groups in total. The van der Waals surface area contributed by atoms with Crippen LogP contribution in [0, 0.1) is 16.9 Å². The second kappa shape index (κ2) is 4.87. The number of nitrogens with zero attached hydrogens (tertiary/aromatic N) is 2. The second-order valence-electron chi connectivity index (χ2n) is 1.53. The van der Waals surface area contributed by atoms with Crippen molar-refractivity contribution in [2.75, 3.05) is 6.67 Å². The Kier molecular flexibility index (Phi) is 4.00. The highest BCUT2D eigenvalue weighted by molar-refractivity contribution is 5.79. The van der Waals surface area contributed by atoms with Crippen molar-refractivity contribution in [2.45, 2.75) is 0 Å². The zero-order valence-electron chi connectivity index (χ0n) is 5.76. The molecule has 0 aromatic heterocycles. The summed E-state index contributed by atoms with van der Waals surface area (Å²) in [5, 5.41) is 19.2. The molecule has 0 aromatic carbocycles. The van der Waals surface area contributed by atoms with Crippen LogP contribution in [0.15, 0.2) is 4.99 Å². The highest BCUT2D eigenvalue weighted by Crippen LogP contribution is 1.62. The monoisotopic (exact) mass is 155 g/mol. The maximum atomic E-state index is 8.04. The van der Waals surface area contributed by atoms with E-state index in [1.165, 1.54) is 0 Å². The van der Waals surface area contributed by atoms with E-state index in [4.69, 9.17) is 22.1 Å². The summed E-state index contributed by atoms with van der Waals surface area (Å²) in [5.74, 6) is -0.209. The fourth-order valence-electron chi connectivity index (χ4n) is 0.307. The third-order valence-corrected chi connectivity index (χ3v) is 0.703. The highest BCUT2D eigenvalue weighted by atomic mass is 15.2. The number of guanidine groups is 2. The summed E-state index contributed by atoms with van der Waals surface area (Å²) in [7, 11) is 0. The van der Waals surface area contributed by atoms with Gasteiger partial charge in [0.15, 0.2) is 12.2 Å². The molecule has 11 heavy (non-hydrogen) atoms. The van der Waals surface area contributed by atoms with Crippen LogP contribution in [-0.4, -0.2) is 18.6 Å². The van der Waals surface area contributed by atoms with Crippen LogP contribution in [0.2, 0.25) is 0 Å². The Morgan fingerprint density at radius 3 is 2.73 bits per heavy atom. The molecule has 0 spiro atoms. The summed E-state index contributed by atoms with van der Waals surface area (Å²) < 4.78 is 0. The van der Waals surface area contributed by atoms with Crippen molar-refractivity contribution in [3.63, 3.8) is 0 Å². The number of nitrogens with two attached hydrogens (primary N) is 2. The standard InChI is InChI=1S/C4H9N7/c5-1-9-4(8)11-2-10-3(6)7/h2H2,(H4,6,7,10)(H3,8,9,11). The lowest BCUT2D eigenvalue weighted by Gasteiger charge is -1.98. The van der Waals surface area contributed by atoms with E-state index >= 15 is 0 Å². The summed E-state index contributed by atoms with van der Waals surface area (Å²) >= 11 is 0. The Labute approximate surface area is 63.6 Å². The normalized spacial score (nSPS) is 9.91. The van der Waals surface area contributed by atoms with Gasteiger partial charge < -0.3 is 16.8 Å². The lowest BCUT2D eigenvalue weighted by atomic mass is 10.9. The molecular formula is C4H9N7. The molecule has 0 bridgehead atoms. The predicted octanol–water partition coefficient (Wildman–Crippen LogP) is -2.19. The van der Waals surface area contributed by atoms with Crippen LogP contribution < -0.4 is 22.1 Å². The molecule has 0 aliphatic rings. The van der Waals surface area contributed by atoms with E-state index < -0.39 is 0 Å². The third kappa shape index (κ3) is 5.91. The molecule has 7 heteroatoms. The zero-order valence-corrected chi connectivity index (χ0v) is 5.76. The van der Waals surface area contributed by atoms with Crippen LogP contribution >= 0.6 is 0 Å². The van der Waals surface area contributed by atoms with Gasteiger partial charge in [0, 0.05) is 0 Å². The Hall–Kier alpha value is -1.97. The van der Waals surface area contributed by atoms with Crippen molar-refractivity contribution in [3.05, 3.63) is 0 Å². The van der Waals surface area contributed by atoms with E-state index in [9.17, 15) is 0 Å². The highest BCUT2D eigenvalue weighted by Gasteiger charge is 1.86. The van der Waals surface area contributed by atoms with E-state index in [1.807, 2.05) is 0 Å². The Morgan fingerprint density at radius 2 is 2.27 bits per heavy atom. The van der Waals surface area contributed by atoms with Crippen LogP contribution in [0.4, 0.5) is 0 Å². The van der Waals surface area contributed by atoms with Crippen LogP contribution in [0.3, 0.4) is 0 Å². The molecule has 0 radical (unpaired) electrons. The number of hydrogen-bond donors (Lipinski definition) is 5. The van der Waals surface area contributed by atoms with E-state index in [1.54, 1.807) is 6.19 Å². The minimum absolute atomic E-state index is 0.0127. The van der Waals surface area contributed by atoms with Crippen molar-refractivity contribution < 1.29 is 0 Å². The zero-order chi connectivity index (χ0) is 8.69. The van der Waals surface area contributed by atoms with Crippen molar-refractivity contribution >= 4 is 11.9 Å². The SMILES string of the molecule is N#CNC(N)=NCNC(=N)N. The molecule has 0 saturated heterocycles. The molecule has 0 fully saturated rings. The number of nitrogens with one attached hydrogen (secondary N) is 3. The smallest absolute Gasteiger partial charge is 0.203 e. The van der Waals surface area contributed by atoms with Gasteiger partial charge in [-0.15, -0.1) is 0 Å². The first kappa shape index (κ1) is 9.03. The van der Waals surface area contributed by atoms with Gasteiger partial charge >= 0.3 is 0 Å². The van der Waals surface area contributed by atoms with Crippen LogP contribution in [0.5, 0.6) is 0 Å². The first-order valence-electron chi connectivity index (χ1n) is 2.69. The number of nitriles is 1.